The van der Waals surface area contributed by atoms with Crippen molar-refractivity contribution in [1.82, 2.24) is 0 Å². The van der Waals surface area contributed by atoms with Gasteiger partial charge in [0.25, 0.3) is 0 Å². The molecule has 9 aromatic carbocycles. The molecule has 252 valence electrons. The molecular weight excluding hydrogens is 653 g/mol. The van der Waals surface area contributed by atoms with E-state index in [0.29, 0.717) is 5.56 Å². The Morgan fingerprint density at radius 2 is 0.907 bits per heavy atom. The summed E-state index contributed by atoms with van der Waals surface area (Å²) in [5.41, 5.74) is 17.3. The number of benzene rings is 9. The Hall–Kier alpha value is -7.21. The summed E-state index contributed by atoms with van der Waals surface area (Å²) in [4.78, 5) is 2.22. The Morgan fingerprint density at radius 1 is 0.389 bits per heavy atom. The molecule has 0 amide bonds. The number of rotatable bonds is 6. The lowest BCUT2D eigenvalue weighted by atomic mass is 9.82. The van der Waals surface area contributed by atoms with Crippen molar-refractivity contribution in [3.63, 3.8) is 0 Å². The Morgan fingerprint density at radius 3 is 1.52 bits per heavy atom. The highest BCUT2D eigenvalue weighted by Gasteiger charge is 2.31. The number of nitriles is 1. The number of para-hydroxylation sites is 1. The van der Waals surface area contributed by atoms with Crippen molar-refractivity contribution in [2.45, 2.75) is 6.92 Å². The van der Waals surface area contributed by atoms with Crippen molar-refractivity contribution >= 4 is 38.6 Å². The molecule has 0 heterocycles. The van der Waals surface area contributed by atoms with E-state index in [-0.39, 0.29) is 0 Å². The Labute approximate surface area is 315 Å². The van der Waals surface area contributed by atoms with Crippen LogP contribution in [-0.4, -0.2) is 0 Å². The van der Waals surface area contributed by atoms with Gasteiger partial charge in [0.05, 0.1) is 11.6 Å². The molecule has 0 atom stereocenters. The van der Waals surface area contributed by atoms with Crippen LogP contribution in [0.5, 0.6) is 0 Å². The van der Waals surface area contributed by atoms with Crippen molar-refractivity contribution in [1.29, 1.82) is 5.26 Å². The lowest BCUT2D eigenvalue weighted by Gasteiger charge is -2.26. The van der Waals surface area contributed by atoms with Crippen molar-refractivity contribution < 1.29 is 0 Å². The number of fused-ring (bicyclic) bond motifs is 4. The minimum atomic E-state index is 0.648. The summed E-state index contributed by atoms with van der Waals surface area (Å²) in [6.07, 6.45) is 0. The molecule has 0 saturated heterocycles. The highest BCUT2D eigenvalue weighted by Crippen LogP contribution is 2.58. The van der Waals surface area contributed by atoms with Crippen LogP contribution in [0.25, 0.3) is 77.2 Å². The first-order chi connectivity index (χ1) is 26.7. The Balaban J connectivity index is 1.18. The van der Waals surface area contributed by atoms with Gasteiger partial charge in [0.15, 0.2) is 0 Å². The summed E-state index contributed by atoms with van der Waals surface area (Å²) in [5, 5.41) is 14.9. The lowest BCUT2D eigenvalue weighted by Crippen LogP contribution is -2.10. The first kappa shape index (κ1) is 31.5. The fourth-order valence-electron chi connectivity index (χ4n) is 8.63. The smallest absolute Gasteiger partial charge is 0.0992 e. The molecule has 0 aromatic heterocycles. The second kappa shape index (κ2) is 12.8. The number of hydrogen-bond acceptors (Lipinski definition) is 2. The van der Waals surface area contributed by atoms with Crippen LogP contribution in [0.4, 0.5) is 17.1 Å². The summed E-state index contributed by atoms with van der Waals surface area (Å²) in [6.45, 7) is 2.04. The third-order valence-corrected chi connectivity index (χ3v) is 10.8. The molecule has 9 aromatic rings. The zero-order valence-electron chi connectivity index (χ0n) is 29.8. The maximum atomic E-state index is 9.79. The van der Waals surface area contributed by atoms with Crippen LogP contribution >= 0.6 is 0 Å². The Kier molecular flexibility index (Phi) is 7.46. The fraction of sp³-hybridized carbons (Fsp3) is 0.0192. The van der Waals surface area contributed by atoms with Gasteiger partial charge in [-0.25, -0.2) is 0 Å². The summed E-state index contributed by atoms with van der Waals surface area (Å²) < 4.78 is 0. The van der Waals surface area contributed by atoms with Crippen LogP contribution in [-0.2, 0) is 0 Å². The minimum Gasteiger partial charge on any atom is -0.310 e. The average molecular weight is 687 g/mol. The van der Waals surface area contributed by atoms with Crippen molar-refractivity contribution in [3.05, 3.63) is 199 Å². The van der Waals surface area contributed by atoms with Crippen LogP contribution in [0.3, 0.4) is 0 Å². The monoisotopic (exact) mass is 686 g/mol. The molecule has 54 heavy (non-hydrogen) atoms. The molecule has 0 radical (unpaired) electrons. The van der Waals surface area contributed by atoms with Crippen LogP contribution < -0.4 is 4.90 Å². The number of hydrogen-bond donors (Lipinski definition) is 0. The SMILES string of the molecule is Cc1cc(C#N)cc(N(c2ccccc2)c2ccc(-c3ccc4c5c(cccc35)-c3c-4c(-c4ccccc4)c4ccccc4c3-c3ccccc3)cc2)c1. The minimum absolute atomic E-state index is 0.648. The van der Waals surface area contributed by atoms with Gasteiger partial charge in [-0.2, -0.15) is 5.26 Å². The number of nitrogens with zero attached hydrogens (tertiary/aromatic N) is 2. The summed E-state index contributed by atoms with van der Waals surface area (Å²) in [5.74, 6) is 0. The molecule has 0 N–H and O–H groups in total. The maximum Gasteiger partial charge on any atom is 0.0992 e. The van der Waals surface area contributed by atoms with Gasteiger partial charge in [-0.15, -0.1) is 0 Å². The third-order valence-electron chi connectivity index (χ3n) is 10.8. The van der Waals surface area contributed by atoms with Crippen LogP contribution in [0.15, 0.2) is 188 Å². The summed E-state index contributed by atoms with van der Waals surface area (Å²) in [6, 6.07) is 69.8. The van der Waals surface area contributed by atoms with Gasteiger partial charge in [-0.3, -0.25) is 0 Å². The highest BCUT2D eigenvalue weighted by molar-refractivity contribution is 6.28. The van der Waals surface area contributed by atoms with E-state index in [1.165, 1.54) is 71.6 Å². The third kappa shape index (κ3) is 5.02. The van der Waals surface area contributed by atoms with E-state index >= 15 is 0 Å². The fourth-order valence-corrected chi connectivity index (χ4v) is 8.63. The molecule has 0 aliphatic heterocycles. The molecule has 0 saturated carbocycles. The van der Waals surface area contributed by atoms with Gasteiger partial charge in [-0.1, -0.05) is 146 Å². The molecule has 0 unspecified atom stereocenters. The van der Waals surface area contributed by atoms with Gasteiger partial charge in [0.2, 0.25) is 0 Å². The van der Waals surface area contributed by atoms with Crippen LogP contribution in [0, 0.1) is 18.3 Å². The quantitative estimate of drug-likeness (QED) is 0.174. The van der Waals surface area contributed by atoms with Crippen LogP contribution in [0.1, 0.15) is 11.1 Å². The van der Waals surface area contributed by atoms with Gasteiger partial charge < -0.3 is 4.90 Å². The zero-order valence-corrected chi connectivity index (χ0v) is 29.8. The maximum absolute atomic E-state index is 9.79. The summed E-state index contributed by atoms with van der Waals surface area (Å²) in [7, 11) is 0. The van der Waals surface area contributed by atoms with Gasteiger partial charge >= 0.3 is 0 Å². The van der Waals surface area contributed by atoms with E-state index in [9.17, 15) is 5.26 Å². The Bertz CT molecular complexity index is 2830. The largest absolute Gasteiger partial charge is 0.310 e. The second-order valence-electron chi connectivity index (χ2n) is 14.1. The predicted octanol–water partition coefficient (Wildman–Crippen LogP) is 14.3. The van der Waals surface area contributed by atoms with E-state index in [0.717, 1.165) is 28.2 Å². The normalized spacial score (nSPS) is 11.4. The predicted molar refractivity (Wildman–Crippen MR) is 226 cm³/mol. The van der Waals surface area contributed by atoms with Crippen molar-refractivity contribution in [2.24, 2.45) is 0 Å². The molecule has 1 aliphatic carbocycles. The first-order valence-electron chi connectivity index (χ1n) is 18.4. The van der Waals surface area contributed by atoms with E-state index in [1.54, 1.807) is 0 Å². The van der Waals surface area contributed by atoms with E-state index in [2.05, 4.69) is 181 Å². The number of anilines is 3. The molecule has 1 aliphatic rings. The van der Waals surface area contributed by atoms with E-state index in [4.69, 9.17) is 0 Å². The van der Waals surface area contributed by atoms with Crippen molar-refractivity contribution in [3.8, 4) is 61.7 Å². The highest BCUT2D eigenvalue weighted by atomic mass is 15.1. The molecule has 10 rings (SSSR count). The summed E-state index contributed by atoms with van der Waals surface area (Å²) >= 11 is 0. The van der Waals surface area contributed by atoms with Crippen LogP contribution in [0.2, 0.25) is 0 Å². The molecule has 0 fully saturated rings. The molecule has 0 spiro atoms. The molecule has 2 heteroatoms. The lowest BCUT2D eigenvalue weighted by molar-refractivity contribution is 1.26. The van der Waals surface area contributed by atoms with Gasteiger partial charge in [-0.05, 0) is 132 Å². The first-order valence-corrected chi connectivity index (χ1v) is 18.4. The standard InChI is InChI=1S/C52H34N2/c1-34-30-35(33-53)32-41(31-34)54(39-18-9-4-10-19-39)40-26-24-36(25-27-40)42-28-29-47-50-43(42)22-13-23-46(50)51-48(37-14-5-2-6-15-37)44-20-11-12-21-45(44)49(52(47)51)38-16-7-3-8-17-38/h2-32H,1H3. The zero-order chi connectivity index (χ0) is 36.2. The topological polar surface area (TPSA) is 27.0 Å². The second-order valence-corrected chi connectivity index (χ2v) is 14.1. The van der Waals surface area contributed by atoms with E-state index < -0.39 is 0 Å². The molecular formula is C52H34N2. The van der Waals surface area contributed by atoms with Gasteiger partial charge in [0.1, 0.15) is 0 Å². The van der Waals surface area contributed by atoms with Gasteiger partial charge in [0, 0.05) is 17.1 Å². The number of aryl methyl sites for hydroxylation is 1. The van der Waals surface area contributed by atoms with E-state index in [1.807, 2.05) is 25.1 Å². The molecule has 2 nitrogen and oxygen atoms in total. The molecule has 0 bridgehead atoms. The van der Waals surface area contributed by atoms with Crippen molar-refractivity contribution in [2.75, 3.05) is 4.90 Å². The average Bonchev–Trinajstić information content (AvgIpc) is 3.56.